The van der Waals surface area contributed by atoms with Gasteiger partial charge in [-0.15, -0.1) is 3.89 Å². The van der Waals surface area contributed by atoms with Crippen molar-refractivity contribution < 1.29 is 17.4 Å². The maximum absolute atomic E-state index is 12.7. The van der Waals surface area contributed by atoms with E-state index in [1.54, 1.807) is 14.6 Å². The van der Waals surface area contributed by atoms with E-state index in [1.165, 1.54) is 0 Å². The topological polar surface area (TPSA) is 27.7 Å². The van der Waals surface area contributed by atoms with Crippen LogP contribution in [0.5, 0.6) is 5.75 Å². The maximum atomic E-state index is 12.7. The summed E-state index contributed by atoms with van der Waals surface area (Å²) in [5.41, 5.74) is 4.68. The molecule has 2 aliphatic heterocycles. The van der Waals surface area contributed by atoms with Crippen molar-refractivity contribution in [3.8, 4) is 17.3 Å². The van der Waals surface area contributed by atoms with E-state index in [1.807, 2.05) is 38.1 Å². The molecule has 26 heavy (non-hydrogen) atoms. The smallest absolute Gasteiger partial charge is 0.399 e. The number of hydrogen-bond acceptors (Lipinski definition) is 5. The Morgan fingerprint density at radius 2 is 2.08 bits per heavy atom. The Morgan fingerprint density at radius 3 is 2.81 bits per heavy atom. The van der Waals surface area contributed by atoms with Crippen molar-refractivity contribution in [2.45, 2.75) is 31.7 Å². The lowest BCUT2D eigenvalue weighted by Gasteiger charge is -2.38. The number of benzene rings is 2. The third kappa shape index (κ3) is 2.96. The monoisotopic (exact) mass is 518 g/mol. The summed E-state index contributed by atoms with van der Waals surface area (Å²) in [7, 11) is 0.306. The number of hydrogen-bond donors (Lipinski definition) is 0. The van der Waals surface area contributed by atoms with E-state index in [2.05, 4.69) is 39.7 Å². The van der Waals surface area contributed by atoms with Gasteiger partial charge in [-0.3, -0.25) is 0 Å². The van der Waals surface area contributed by atoms with Crippen LogP contribution < -0.4 is 9.65 Å². The first-order valence-corrected chi connectivity index (χ1v) is 13.8. The molecule has 0 aliphatic carbocycles. The van der Waals surface area contributed by atoms with Crippen LogP contribution in [0.3, 0.4) is 0 Å². The lowest BCUT2D eigenvalue weighted by atomic mass is 9.75. The van der Waals surface area contributed by atoms with Crippen molar-refractivity contribution in [3.63, 3.8) is 0 Å². The Hall–Kier alpha value is -0.165. The van der Waals surface area contributed by atoms with Crippen LogP contribution >= 0.6 is 49.3 Å². The molecule has 0 N–H and O–H groups in total. The average Bonchev–Trinajstić information content (AvgIpc) is 2.86. The molecule has 2 bridgehead atoms. The van der Waals surface area contributed by atoms with Gasteiger partial charge in [0.25, 0.3) is 12.4 Å². The van der Waals surface area contributed by atoms with Crippen LogP contribution in [0, 0.1) is 11.6 Å². The van der Waals surface area contributed by atoms with Gasteiger partial charge >= 0.3 is 7.12 Å². The van der Waals surface area contributed by atoms with Gasteiger partial charge in [-0.2, -0.15) is 0 Å². The summed E-state index contributed by atoms with van der Waals surface area (Å²) < 4.78 is 30.6. The van der Waals surface area contributed by atoms with Gasteiger partial charge in [0.2, 0.25) is 0 Å². The summed E-state index contributed by atoms with van der Waals surface area (Å²) in [6, 6.07) is 9.51. The average molecular weight is 518 g/mol. The second-order valence-electron chi connectivity index (χ2n) is 6.72. The zero-order valence-electron chi connectivity index (χ0n) is 14.2. The molecule has 2 atom stereocenters. The molecule has 0 radical (unpaired) electrons. The van der Waals surface area contributed by atoms with Crippen molar-refractivity contribution in [2.24, 2.45) is 0 Å². The van der Waals surface area contributed by atoms with E-state index < -0.39 is 25.2 Å². The highest BCUT2D eigenvalue weighted by atomic mass is 127. The molecule has 2 aliphatic rings. The van der Waals surface area contributed by atoms with Gasteiger partial charge in [-0.05, 0) is 63.8 Å². The second kappa shape index (κ2) is 7.02. The van der Waals surface area contributed by atoms with Crippen LogP contribution in [0.2, 0.25) is 0 Å². The van der Waals surface area contributed by atoms with Gasteiger partial charge in [0.15, 0.2) is 0 Å². The minimum absolute atomic E-state index is 0.170. The molecule has 2 heterocycles. The van der Waals surface area contributed by atoms with Crippen LogP contribution in [-0.4, -0.2) is 18.1 Å². The van der Waals surface area contributed by atoms with Crippen molar-refractivity contribution in [1.82, 2.24) is 0 Å². The first-order chi connectivity index (χ1) is 12.4. The SMILES string of the molecule is CC1(C)OB2OC1(C)P(SI)C#Cc1cccc3cc(OSF)cc2c13. The third-order valence-corrected chi connectivity index (χ3v) is 12.4. The molecule has 9 heteroatoms. The molecule has 1 saturated heterocycles. The quantitative estimate of drug-likeness (QED) is 0.169. The molecule has 0 amide bonds. The fourth-order valence-corrected chi connectivity index (χ4v) is 10.5. The Labute approximate surface area is 174 Å². The molecule has 4 rings (SSSR count). The molecule has 134 valence electrons. The summed E-state index contributed by atoms with van der Waals surface area (Å²) in [6.07, 6.45) is 0. The maximum Gasteiger partial charge on any atom is 0.495 e. The van der Waals surface area contributed by atoms with Crippen molar-refractivity contribution >= 4 is 72.7 Å². The summed E-state index contributed by atoms with van der Waals surface area (Å²) in [4.78, 5) is 0. The van der Waals surface area contributed by atoms with Crippen molar-refractivity contribution in [2.75, 3.05) is 0 Å². The van der Waals surface area contributed by atoms with Crippen molar-refractivity contribution in [1.29, 1.82) is 0 Å². The van der Waals surface area contributed by atoms with Crippen LogP contribution in [0.15, 0.2) is 30.3 Å². The van der Waals surface area contributed by atoms with Crippen molar-refractivity contribution in [3.05, 3.63) is 35.9 Å². The molecule has 2 aromatic rings. The molecule has 0 saturated carbocycles. The Bertz CT molecular complexity index is 951. The zero-order chi connectivity index (χ0) is 18.5. The number of fused-ring (bicyclic) bond motifs is 3. The van der Waals surface area contributed by atoms with Crippen LogP contribution in [0.1, 0.15) is 26.3 Å². The van der Waals surface area contributed by atoms with Crippen LogP contribution in [-0.2, 0) is 9.31 Å². The van der Waals surface area contributed by atoms with Crippen LogP contribution in [0.25, 0.3) is 10.8 Å². The van der Waals surface area contributed by atoms with E-state index in [0.717, 1.165) is 21.8 Å². The lowest BCUT2D eigenvalue weighted by molar-refractivity contribution is 0.0578. The Balaban J connectivity index is 2.02. The minimum Gasteiger partial charge on any atom is -0.399 e. The molecule has 0 spiro atoms. The molecule has 2 aromatic carbocycles. The zero-order valence-corrected chi connectivity index (χ0v) is 18.9. The Morgan fingerprint density at radius 1 is 1.27 bits per heavy atom. The minimum atomic E-state index is -0.822. The number of rotatable bonds is 3. The summed E-state index contributed by atoms with van der Waals surface area (Å²) in [5, 5.41) is 1.35. The largest absolute Gasteiger partial charge is 0.495 e. The van der Waals surface area contributed by atoms with E-state index in [-0.39, 0.29) is 12.4 Å². The summed E-state index contributed by atoms with van der Waals surface area (Å²) >= 11 is 2.13. The van der Waals surface area contributed by atoms with Gasteiger partial charge < -0.3 is 13.5 Å². The van der Waals surface area contributed by atoms with Gasteiger partial charge in [0, 0.05) is 26.8 Å². The fraction of sp³-hybridized carbons (Fsp3) is 0.294. The van der Waals surface area contributed by atoms with Gasteiger partial charge in [0.05, 0.1) is 12.7 Å². The summed E-state index contributed by atoms with van der Waals surface area (Å²) in [5.74, 6) is 3.79. The molecular formula is C17H14BFIO3PS2. The molecule has 0 aromatic heterocycles. The number of halogens is 2. The van der Waals surface area contributed by atoms with Gasteiger partial charge in [-0.1, -0.05) is 23.7 Å². The van der Waals surface area contributed by atoms with Gasteiger partial charge in [0.1, 0.15) is 11.1 Å². The Kier molecular flexibility index (Phi) is 5.17. The van der Waals surface area contributed by atoms with E-state index in [0.29, 0.717) is 5.75 Å². The first kappa shape index (κ1) is 19.2. The van der Waals surface area contributed by atoms with E-state index in [9.17, 15) is 3.89 Å². The molecule has 3 nitrogen and oxygen atoms in total. The highest BCUT2D eigenvalue weighted by molar-refractivity contribution is 14.2. The van der Waals surface area contributed by atoms with Crippen LogP contribution in [0.4, 0.5) is 3.89 Å². The lowest BCUT2D eigenvalue weighted by Crippen LogP contribution is -2.42. The predicted molar refractivity (Wildman–Crippen MR) is 119 cm³/mol. The molecule has 1 fully saturated rings. The standard InChI is InChI=1S/C17H14BFIO3PS2/c1-16(2)17(3)23-18(22-16)14-10-13(21-25-19)9-12-6-4-5-11(15(12)14)7-8-24(17)26-20/h4-6,9-10H,1-3H3. The summed E-state index contributed by atoms with van der Waals surface area (Å²) in [6.45, 7) is 6.16. The first-order valence-electron chi connectivity index (χ1n) is 7.88. The fourth-order valence-electron chi connectivity index (χ4n) is 3.28. The molecular weight excluding hydrogens is 504 g/mol. The third-order valence-electron chi connectivity index (χ3n) is 4.97. The van der Waals surface area contributed by atoms with E-state index >= 15 is 0 Å². The van der Waals surface area contributed by atoms with Gasteiger partial charge in [-0.25, -0.2) is 0 Å². The highest BCUT2D eigenvalue weighted by Gasteiger charge is 2.59. The van der Waals surface area contributed by atoms with E-state index in [4.69, 9.17) is 13.5 Å². The normalized spacial score (nSPS) is 25.9. The molecule has 2 unspecified atom stereocenters. The highest BCUT2D eigenvalue weighted by Crippen LogP contribution is 2.68. The second-order valence-corrected chi connectivity index (χ2v) is 13.9. The predicted octanol–water partition coefficient (Wildman–Crippen LogP) is 5.79.